The van der Waals surface area contributed by atoms with Crippen molar-refractivity contribution in [2.24, 2.45) is 21.7 Å². The van der Waals surface area contributed by atoms with Crippen LogP contribution < -0.4 is 26.6 Å². The molecule has 0 saturated heterocycles. The molecule has 20 heteroatoms. The number of anilines is 4. The maximum atomic E-state index is 15.0. The molecule has 2 aliphatic heterocycles. The van der Waals surface area contributed by atoms with E-state index in [9.17, 15) is 28.8 Å². The number of ether oxygens (including phenoxy) is 2. The van der Waals surface area contributed by atoms with Crippen molar-refractivity contribution in [2.45, 2.75) is 194 Å². The number of imidazole rings is 1. The fourth-order valence-electron chi connectivity index (χ4n) is 17.0. The Balaban J connectivity index is 1.02. The molecule has 5 amide bonds. The van der Waals surface area contributed by atoms with Gasteiger partial charge in [-0.05, 0) is 125 Å². The zero-order valence-electron chi connectivity index (χ0n) is 63.2. The van der Waals surface area contributed by atoms with Crippen LogP contribution in [0.25, 0.3) is 90.9 Å². The number of carbonyl (C=O) groups excluding carboxylic acids is 7. The summed E-state index contributed by atoms with van der Waals surface area (Å²) in [6.45, 7) is 7.91. The lowest BCUT2D eigenvalue weighted by Gasteiger charge is -2.32. The molecule has 1 atom stereocenters. The number of amides is 5. The standard InChI is InChI=1S/C89H99N11O9/c1-86(43-18-6-19-44-86)82(104)97-62-31-14-10-27-58(62)76-66-37-38-67(92-66)77(59-28-11-15-32-63(59)98-83(105)87(2)45-20-7-21-46-87)69-41-42-71(94-69)79(61-30-13-17-34-65(61)100-85(107)89(4)49-24-9-25-50-89)80-56(54-109-75(102)36-26-35-74(101)95-73(81(103)108-5)52-57-53-90-55-91-57)51-72(96-80)78(70-40-39-68(76)93-70)60-29-12-16-33-64(60)99-84(106)88(3)47-22-8-23-48-88/h10-17,27-34,37-42,51,53,55,73,92,96H,6-9,18-26,35-36,43-50,52,54H2,1-5H3,(H,90,91)(H,95,101)(H,97,104)(H,98,105)(H,99,106)(H,100,107). The molecule has 0 spiro atoms. The Morgan fingerprint density at radius 1 is 0.459 bits per heavy atom. The van der Waals surface area contributed by atoms with Gasteiger partial charge >= 0.3 is 11.9 Å². The average molecular weight is 1470 g/mol. The maximum Gasteiger partial charge on any atom is 0.328 e. The summed E-state index contributed by atoms with van der Waals surface area (Å²) in [5.41, 5.74) is 10.5. The van der Waals surface area contributed by atoms with Crippen molar-refractivity contribution in [3.63, 3.8) is 0 Å². The monoisotopic (exact) mass is 1470 g/mol. The van der Waals surface area contributed by atoms with Crippen molar-refractivity contribution < 1.29 is 43.0 Å². The molecule has 1 unspecified atom stereocenters. The van der Waals surface area contributed by atoms with Gasteiger partial charge in [0.25, 0.3) is 0 Å². The number of esters is 2. The van der Waals surface area contributed by atoms with E-state index in [1.54, 1.807) is 6.20 Å². The smallest absolute Gasteiger partial charge is 0.328 e. The minimum atomic E-state index is -1.000. The highest BCUT2D eigenvalue weighted by molar-refractivity contribution is 6.09. The second-order valence-electron chi connectivity index (χ2n) is 31.7. The summed E-state index contributed by atoms with van der Waals surface area (Å²) in [4.78, 5) is 127. The quantitative estimate of drug-likeness (QED) is 0.0294. The van der Waals surface area contributed by atoms with Crippen LogP contribution in [0.1, 0.15) is 209 Å². The van der Waals surface area contributed by atoms with Crippen molar-refractivity contribution in [3.05, 3.63) is 162 Å². The van der Waals surface area contributed by atoms with Gasteiger partial charge < -0.3 is 51.0 Å². The van der Waals surface area contributed by atoms with Gasteiger partial charge in [0.2, 0.25) is 29.5 Å². The van der Waals surface area contributed by atoms with Crippen LogP contribution in [0.4, 0.5) is 22.7 Å². The number of hydrogen-bond donors (Lipinski definition) is 8. The highest BCUT2D eigenvalue weighted by Gasteiger charge is 2.40. The number of hydrogen-bond acceptors (Lipinski definition) is 12. The summed E-state index contributed by atoms with van der Waals surface area (Å²) >= 11 is 0. The van der Waals surface area contributed by atoms with Crippen LogP contribution in [0, 0.1) is 21.7 Å². The number of methoxy groups -OCH3 is 1. The second kappa shape index (κ2) is 32.4. The predicted molar refractivity (Wildman–Crippen MR) is 430 cm³/mol. The van der Waals surface area contributed by atoms with E-state index in [0.29, 0.717) is 123 Å². The first-order chi connectivity index (χ1) is 52.8. The van der Waals surface area contributed by atoms with E-state index in [0.717, 1.165) is 128 Å². The topological polar surface area (TPSA) is 284 Å². The van der Waals surface area contributed by atoms with Crippen molar-refractivity contribution in [1.82, 2.24) is 35.2 Å². The minimum absolute atomic E-state index is 0.0538. The van der Waals surface area contributed by atoms with Gasteiger partial charge in [-0.25, -0.2) is 19.7 Å². The first-order valence-corrected chi connectivity index (χ1v) is 39.1. The van der Waals surface area contributed by atoms with Crippen LogP contribution in [0.3, 0.4) is 0 Å². The molecule has 109 heavy (non-hydrogen) atoms. The zero-order chi connectivity index (χ0) is 75.9. The number of H-pyrrole nitrogens is 3. The number of carbonyl (C=O) groups is 7. The molecule has 14 rings (SSSR count). The molecule has 8 bridgehead atoms. The fraction of sp³-hybridized carbons (Fsp3) is 0.393. The third kappa shape index (κ3) is 16.3. The van der Waals surface area contributed by atoms with E-state index in [-0.39, 0.29) is 55.9 Å². The summed E-state index contributed by atoms with van der Waals surface area (Å²) < 4.78 is 11.4. The summed E-state index contributed by atoms with van der Waals surface area (Å²) in [7, 11) is 1.25. The summed E-state index contributed by atoms with van der Waals surface area (Å²) in [6, 6.07) is 36.0. The first kappa shape index (κ1) is 74.8. The van der Waals surface area contributed by atoms with Gasteiger partial charge in [-0.15, -0.1) is 0 Å². The second-order valence-corrected chi connectivity index (χ2v) is 31.7. The summed E-state index contributed by atoms with van der Waals surface area (Å²) in [6.07, 6.45) is 28.7. The minimum Gasteiger partial charge on any atom is -0.467 e. The number of aromatic nitrogens is 6. The average Bonchev–Trinajstić information content (AvgIpc) is 1.60. The van der Waals surface area contributed by atoms with E-state index in [2.05, 4.69) is 60.4 Å². The summed E-state index contributed by atoms with van der Waals surface area (Å²) in [5.74, 6) is -1.99. The van der Waals surface area contributed by atoms with Crippen molar-refractivity contribution in [1.29, 1.82) is 0 Å². The molecule has 4 fully saturated rings. The van der Waals surface area contributed by atoms with Crippen molar-refractivity contribution >= 4 is 111 Å². The van der Waals surface area contributed by atoms with E-state index >= 15 is 4.79 Å². The lowest BCUT2D eigenvalue weighted by molar-refractivity contribution is -0.146. The van der Waals surface area contributed by atoms with Gasteiger partial charge in [0.1, 0.15) is 12.6 Å². The first-order valence-electron chi connectivity index (χ1n) is 39.1. The van der Waals surface area contributed by atoms with Gasteiger partial charge in [0.05, 0.1) is 41.7 Å². The van der Waals surface area contributed by atoms with Gasteiger partial charge in [0.15, 0.2) is 0 Å². The van der Waals surface area contributed by atoms with Crippen LogP contribution in [0.15, 0.2) is 128 Å². The number of fused-ring (bicyclic) bond motifs is 8. The molecule has 4 saturated carbocycles. The maximum absolute atomic E-state index is 15.0. The lowest BCUT2D eigenvalue weighted by Crippen LogP contribution is -2.43. The molecule has 0 radical (unpaired) electrons. The highest BCUT2D eigenvalue weighted by Crippen LogP contribution is 2.48. The van der Waals surface area contributed by atoms with Crippen LogP contribution in [-0.2, 0) is 56.1 Å². The number of aromatic amines is 3. The Morgan fingerprint density at radius 2 is 0.835 bits per heavy atom. The van der Waals surface area contributed by atoms with Crippen LogP contribution in [0.2, 0.25) is 0 Å². The molecule has 6 heterocycles. The van der Waals surface area contributed by atoms with Gasteiger partial charge in [-0.3, -0.25) is 28.8 Å². The van der Waals surface area contributed by atoms with Crippen LogP contribution in [-0.4, -0.2) is 84.5 Å². The Morgan fingerprint density at radius 3 is 1.22 bits per heavy atom. The van der Waals surface area contributed by atoms with Crippen molar-refractivity contribution in [3.8, 4) is 44.5 Å². The largest absolute Gasteiger partial charge is 0.467 e. The molecule has 564 valence electrons. The molecule has 6 aliphatic rings. The molecule has 8 aromatic rings. The lowest BCUT2D eigenvalue weighted by atomic mass is 9.75. The summed E-state index contributed by atoms with van der Waals surface area (Å²) in [5, 5.41) is 16.5. The number of rotatable bonds is 22. The zero-order valence-corrected chi connectivity index (χ0v) is 63.2. The molecular weight excluding hydrogens is 1370 g/mol. The number of para-hydroxylation sites is 4. The normalized spacial score (nSPS) is 17.1. The SMILES string of the molecule is COC(=O)C(Cc1cnc[nH]1)NC(=O)CCCC(=O)OCc1cc2[nH]c1c(-c1ccccc1NC(=O)C1(C)CCCCC1)c1nc(c(-c3ccccc3NC(=O)C3(C)CCCCC3)c3ccc([nH]3)c(-c3ccccc3NC(=O)C3(C)CCCCC3)c3nc(c2-c2ccccc2NC(=O)C2(C)CCCCC2)C=C3)C=C1. The Labute approximate surface area is 636 Å². The Bertz CT molecular complexity index is 5040. The Hall–Kier alpha value is -11.0. The third-order valence-corrected chi connectivity index (χ3v) is 23.7. The van der Waals surface area contributed by atoms with E-state index in [1.807, 2.05) is 153 Å². The van der Waals surface area contributed by atoms with Crippen molar-refractivity contribution in [2.75, 3.05) is 28.4 Å². The third-order valence-electron chi connectivity index (χ3n) is 23.7. The predicted octanol–water partition coefficient (Wildman–Crippen LogP) is 18.8. The number of nitrogens with one attached hydrogen (secondary N) is 8. The van der Waals surface area contributed by atoms with Crippen LogP contribution in [0.5, 0.6) is 0 Å². The molecule has 8 N–H and O–H groups in total. The van der Waals surface area contributed by atoms with E-state index < -0.39 is 45.5 Å². The Kier molecular flexibility index (Phi) is 22.3. The van der Waals surface area contributed by atoms with Crippen LogP contribution >= 0.6 is 0 Å². The fourth-order valence-corrected chi connectivity index (χ4v) is 17.0. The highest BCUT2D eigenvalue weighted by atomic mass is 16.5. The van der Waals surface area contributed by atoms with E-state index in [1.165, 1.54) is 13.4 Å². The van der Waals surface area contributed by atoms with Gasteiger partial charge in [0, 0.05) is 142 Å². The molecular formula is C89H99N11O9. The van der Waals surface area contributed by atoms with E-state index in [4.69, 9.17) is 19.4 Å². The van der Waals surface area contributed by atoms with Gasteiger partial charge in [-0.2, -0.15) is 0 Å². The number of benzene rings is 4. The molecule has 4 aromatic carbocycles. The number of nitrogens with zero attached hydrogens (tertiary/aromatic N) is 3. The molecule has 4 aromatic heterocycles. The molecule has 20 nitrogen and oxygen atoms in total. The molecule has 4 aliphatic carbocycles. The van der Waals surface area contributed by atoms with Gasteiger partial charge in [-0.1, -0.05) is 178 Å².